The molecule has 0 aromatic carbocycles. The minimum Gasteiger partial charge on any atom is -0.383 e. The minimum absolute atomic E-state index is 0.00433. The molecule has 0 spiro atoms. The quantitative estimate of drug-likeness (QED) is 0.779. The predicted octanol–water partition coefficient (Wildman–Crippen LogP) is 0.242. The highest BCUT2D eigenvalue weighted by Crippen LogP contribution is 2.28. The van der Waals surface area contributed by atoms with E-state index in [1.54, 1.807) is 19.4 Å². The summed E-state index contributed by atoms with van der Waals surface area (Å²) in [4.78, 5) is 26.3. The van der Waals surface area contributed by atoms with E-state index in [1.807, 2.05) is 0 Å². The summed E-state index contributed by atoms with van der Waals surface area (Å²) in [6.45, 7) is 3.15. The van der Waals surface area contributed by atoms with Crippen LogP contribution in [0.1, 0.15) is 19.3 Å². The van der Waals surface area contributed by atoms with Gasteiger partial charge in [-0.2, -0.15) is 5.10 Å². The van der Waals surface area contributed by atoms with Gasteiger partial charge in [-0.3, -0.25) is 9.59 Å². The van der Waals surface area contributed by atoms with Crippen molar-refractivity contribution in [1.82, 2.24) is 15.1 Å². The third-order valence-electron chi connectivity index (χ3n) is 4.55. The van der Waals surface area contributed by atoms with Gasteiger partial charge in [-0.05, 0) is 25.2 Å². The van der Waals surface area contributed by atoms with Gasteiger partial charge in [0.15, 0.2) is 0 Å². The Balaban J connectivity index is 1.56. The molecule has 0 bridgehead atoms. The van der Waals surface area contributed by atoms with E-state index in [-0.39, 0.29) is 17.4 Å². The van der Waals surface area contributed by atoms with E-state index in [2.05, 4.69) is 15.3 Å². The second-order valence-corrected chi connectivity index (χ2v) is 6.39. The van der Waals surface area contributed by atoms with Crippen LogP contribution in [0.3, 0.4) is 0 Å². The average Bonchev–Trinajstić information content (AvgIpc) is 3.25. The first kappa shape index (κ1) is 16.0. The largest absolute Gasteiger partial charge is 0.383 e. The Morgan fingerprint density at radius 3 is 2.96 bits per heavy atom. The lowest BCUT2D eigenvalue weighted by Crippen LogP contribution is -2.34. The lowest BCUT2D eigenvalue weighted by atomic mass is 10.1. The van der Waals surface area contributed by atoms with Gasteiger partial charge in [0.1, 0.15) is 0 Å². The van der Waals surface area contributed by atoms with E-state index in [0.717, 1.165) is 25.2 Å². The Morgan fingerprint density at radius 1 is 1.43 bits per heavy atom. The van der Waals surface area contributed by atoms with Gasteiger partial charge in [-0.15, -0.1) is 0 Å². The zero-order chi connectivity index (χ0) is 16.2. The van der Waals surface area contributed by atoms with Crippen LogP contribution in [0.25, 0.3) is 0 Å². The topological polar surface area (TPSA) is 76.5 Å². The fraction of sp³-hybridized carbons (Fsp3) is 0.688. The number of methoxy groups -OCH3 is 1. The monoisotopic (exact) mass is 320 g/mol. The highest BCUT2D eigenvalue weighted by molar-refractivity contribution is 5.80. The van der Waals surface area contributed by atoms with Crippen molar-refractivity contribution in [1.29, 1.82) is 0 Å². The molecule has 7 heteroatoms. The number of anilines is 1. The maximum Gasteiger partial charge on any atom is 0.268 e. The third kappa shape index (κ3) is 4.10. The third-order valence-corrected chi connectivity index (χ3v) is 4.55. The fourth-order valence-electron chi connectivity index (χ4n) is 2.86. The molecule has 3 rings (SSSR count). The Hall–Kier alpha value is -1.89. The lowest BCUT2D eigenvalue weighted by Gasteiger charge is -2.18. The molecule has 23 heavy (non-hydrogen) atoms. The molecule has 126 valence electrons. The van der Waals surface area contributed by atoms with E-state index in [0.29, 0.717) is 25.6 Å². The Kier molecular flexibility index (Phi) is 4.95. The zero-order valence-corrected chi connectivity index (χ0v) is 13.5. The second kappa shape index (κ2) is 7.12. The van der Waals surface area contributed by atoms with Crippen molar-refractivity contribution in [3.05, 3.63) is 22.6 Å². The number of ether oxygens (including phenoxy) is 1. The number of carbonyl (C=O) groups excluding carboxylic acids is 1. The molecule has 2 heterocycles. The van der Waals surface area contributed by atoms with E-state index < -0.39 is 0 Å². The number of hydrogen-bond donors (Lipinski definition) is 1. The molecule has 1 unspecified atom stereocenters. The van der Waals surface area contributed by atoms with Crippen LogP contribution in [0.5, 0.6) is 0 Å². The Morgan fingerprint density at radius 2 is 2.26 bits per heavy atom. The lowest BCUT2D eigenvalue weighted by molar-refractivity contribution is -0.124. The Labute approximate surface area is 135 Å². The SMILES string of the molecule is COCCn1ncc(N2CCC(C(=O)NCC3CC3)C2)cc1=O. The number of aromatic nitrogens is 2. The standard InChI is InChI=1S/C16H24N4O3/c1-23-7-6-20-15(21)8-14(10-18-20)19-5-4-13(11-19)16(22)17-9-12-2-3-12/h8,10,12-13H,2-7,9,11H2,1H3,(H,17,22). The normalized spacial score (nSPS) is 20.7. The van der Waals surface area contributed by atoms with Crippen molar-refractivity contribution in [2.75, 3.05) is 38.3 Å². The highest BCUT2D eigenvalue weighted by Gasteiger charge is 2.30. The van der Waals surface area contributed by atoms with E-state index >= 15 is 0 Å². The number of rotatable bonds is 7. The number of nitrogens with zero attached hydrogens (tertiary/aromatic N) is 3. The van der Waals surface area contributed by atoms with Gasteiger partial charge in [0, 0.05) is 32.8 Å². The molecule has 0 radical (unpaired) electrons. The molecule has 1 aromatic heterocycles. The van der Waals surface area contributed by atoms with Crippen LogP contribution < -0.4 is 15.8 Å². The summed E-state index contributed by atoms with van der Waals surface area (Å²) in [5, 5.41) is 7.22. The smallest absolute Gasteiger partial charge is 0.268 e. The van der Waals surface area contributed by atoms with Crippen LogP contribution in [0.4, 0.5) is 5.69 Å². The molecule has 7 nitrogen and oxygen atoms in total. The summed E-state index contributed by atoms with van der Waals surface area (Å²) in [6, 6.07) is 1.59. The number of hydrogen-bond acceptors (Lipinski definition) is 5. The first-order valence-electron chi connectivity index (χ1n) is 8.26. The summed E-state index contributed by atoms with van der Waals surface area (Å²) in [7, 11) is 1.60. The molecule has 1 N–H and O–H groups in total. The van der Waals surface area contributed by atoms with E-state index in [4.69, 9.17) is 4.74 Å². The Bertz CT molecular complexity index is 612. The van der Waals surface area contributed by atoms with Gasteiger partial charge in [0.05, 0.1) is 31.0 Å². The van der Waals surface area contributed by atoms with Crippen LogP contribution >= 0.6 is 0 Å². The van der Waals surface area contributed by atoms with Gasteiger partial charge in [-0.1, -0.05) is 0 Å². The van der Waals surface area contributed by atoms with Crippen LogP contribution in [-0.2, 0) is 16.1 Å². The fourth-order valence-corrected chi connectivity index (χ4v) is 2.86. The number of amides is 1. The van der Waals surface area contributed by atoms with E-state index in [9.17, 15) is 9.59 Å². The van der Waals surface area contributed by atoms with Crippen LogP contribution in [-0.4, -0.2) is 49.0 Å². The molecule has 1 aliphatic carbocycles. The molecule has 2 aliphatic rings. The van der Waals surface area contributed by atoms with Crippen molar-refractivity contribution >= 4 is 11.6 Å². The van der Waals surface area contributed by atoms with Crippen LogP contribution in [0.15, 0.2) is 17.1 Å². The minimum atomic E-state index is -0.138. The maximum absolute atomic E-state index is 12.2. The first-order valence-corrected chi connectivity index (χ1v) is 8.26. The van der Waals surface area contributed by atoms with Crippen molar-refractivity contribution < 1.29 is 9.53 Å². The summed E-state index contributed by atoms with van der Waals surface area (Å²) >= 11 is 0. The van der Waals surface area contributed by atoms with Gasteiger partial charge in [0.25, 0.3) is 5.56 Å². The summed E-state index contributed by atoms with van der Waals surface area (Å²) in [5.41, 5.74) is 0.655. The van der Waals surface area contributed by atoms with Gasteiger partial charge in [-0.25, -0.2) is 4.68 Å². The van der Waals surface area contributed by atoms with Gasteiger partial charge in [0.2, 0.25) is 5.91 Å². The van der Waals surface area contributed by atoms with E-state index in [1.165, 1.54) is 17.5 Å². The second-order valence-electron chi connectivity index (χ2n) is 6.39. The summed E-state index contributed by atoms with van der Waals surface area (Å²) < 4.78 is 6.35. The average molecular weight is 320 g/mol. The molecule has 1 saturated carbocycles. The molecule has 1 saturated heterocycles. The van der Waals surface area contributed by atoms with Crippen molar-refractivity contribution in [3.8, 4) is 0 Å². The van der Waals surface area contributed by atoms with Crippen molar-refractivity contribution in [2.45, 2.75) is 25.8 Å². The molecule has 2 fully saturated rings. The van der Waals surface area contributed by atoms with Crippen molar-refractivity contribution in [3.63, 3.8) is 0 Å². The molecule has 1 amide bonds. The highest BCUT2D eigenvalue weighted by atomic mass is 16.5. The van der Waals surface area contributed by atoms with Crippen LogP contribution in [0.2, 0.25) is 0 Å². The first-order chi connectivity index (χ1) is 11.2. The molecule has 1 atom stereocenters. The molecular formula is C16H24N4O3. The van der Waals surface area contributed by atoms with Gasteiger partial charge >= 0.3 is 0 Å². The van der Waals surface area contributed by atoms with Crippen molar-refractivity contribution in [2.24, 2.45) is 11.8 Å². The summed E-state index contributed by atoms with van der Waals surface area (Å²) in [6.07, 6.45) is 5.00. The van der Waals surface area contributed by atoms with Gasteiger partial charge < -0.3 is 15.0 Å². The summed E-state index contributed by atoms with van der Waals surface area (Å²) in [5.74, 6) is 0.839. The molecular weight excluding hydrogens is 296 g/mol. The van der Waals surface area contributed by atoms with Crippen LogP contribution in [0, 0.1) is 11.8 Å². The molecule has 1 aliphatic heterocycles. The zero-order valence-electron chi connectivity index (χ0n) is 13.5. The number of carbonyl (C=O) groups is 1. The number of nitrogens with one attached hydrogen (secondary N) is 1. The maximum atomic E-state index is 12.2. The predicted molar refractivity (Wildman–Crippen MR) is 86.4 cm³/mol. The molecule has 1 aromatic rings.